The molecular weight excluding hydrogens is 1530 g/mol. The topological polar surface area (TPSA) is 225 Å². The molecular formula is C51H144O22Si20. The molecule has 0 aromatic carbocycles. The van der Waals surface area contributed by atoms with E-state index in [2.05, 4.69) is 262 Å². The molecule has 0 bridgehead atoms. The molecule has 0 aromatic rings. The minimum Gasteiger partial charge on any atom is -0.437 e. The minimum absolute atomic E-state index is 0.161. The molecule has 560 valence electrons. The van der Waals surface area contributed by atoms with E-state index in [0.717, 1.165) is 37.4 Å². The highest BCUT2D eigenvalue weighted by molar-refractivity contribution is 6.96. The molecule has 0 spiro atoms. The van der Waals surface area contributed by atoms with E-state index in [1.165, 1.54) is 0 Å². The molecule has 0 fully saturated rings. The van der Waals surface area contributed by atoms with Crippen molar-refractivity contribution in [2.75, 3.05) is 32.8 Å². The molecule has 22 nitrogen and oxygen atoms in total. The summed E-state index contributed by atoms with van der Waals surface area (Å²) in [5, 5.41) is 18.8. The van der Waals surface area contributed by atoms with Crippen molar-refractivity contribution in [2.24, 2.45) is 0 Å². The first-order chi connectivity index (χ1) is 40.6. The largest absolute Gasteiger partial charge is 0.437 e. The van der Waals surface area contributed by atoms with Crippen LogP contribution in [0.5, 0.6) is 0 Å². The standard InChI is InChI=1S/C51H144O22Si20/c1-74(2,47-41-44-52)56-78(9,10)57-76(5,6)49-43-46-54-50-55-51-77(7,8)59-80(13,14)61-82(17,18)63-84(21,22)65-86(25,26)67-88(29,30)69-90(33,34)71-92(37,38)73-93(39,40)72-91(35,36)70-89(31,32)68-87(27,28)66-85(23,24)64-83(19,20)62-81(15,16)60-79(11,12)58-75(3,4)48-42-45-53/h52-53H,41-51H2,1-40H3. The Labute approximate surface area is 591 Å². The quantitative estimate of drug-likeness (QED) is 0.0328. The third kappa shape index (κ3) is 46.8. The van der Waals surface area contributed by atoms with Crippen molar-refractivity contribution in [3.63, 3.8) is 0 Å². The van der Waals surface area contributed by atoms with Gasteiger partial charge in [-0.2, -0.15) is 0 Å². The number of hydrogen-bond acceptors (Lipinski definition) is 22. The van der Waals surface area contributed by atoms with Crippen molar-refractivity contribution in [3.05, 3.63) is 0 Å². The lowest BCUT2D eigenvalue weighted by molar-refractivity contribution is -0.0417. The minimum atomic E-state index is -2.88. The first-order valence-electron chi connectivity index (χ1n) is 33.5. The lowest BCUT2D eigenvalue weighted by atomic mass is 10.5. The van der Waals surface area contributed by atoms with Gasteiger partial charge in [-0.05, 0) is 299 Å². The summed E-state index contributed by atoms with van der Waals surface area (Å²) in [6.07, 6.45) is 2.87. The Kier molecular flexibility index (Phi) is 37.0. The molecule has 0 amide bonds. The number of rotatable bonds is 50. The lowest BCUT2D eigenvalue weighted by Crippen LogP contribution is -2.63. The summed E-state index contributed by atoms with van der Waals surface area (Å²) >= 11 is 0. The maximum Gasteiger partial charge on any atom is 0.314 e. The van der Waals surface area contributed by atoms with Gasteiger partial charge in [0, 0.05) is 19.8 Å². The van der Waals surface area contributed by atoms with Crippen molar-refractivity contribution in [2.45, 2.75) is 299 Å². The van der Waals surface area contributed by atoms with E-state index in [-0.39, 0.29) is 20.0 Å². The van der Waals surface area contributed by atoms with Crippen LogP contribution in [0.1, 0.15) is 19.3 Å². The molecule has 0 aliphatic rings. The monoisotopic (exact) mass is 1670 g/mol. The van der Waals surface area contributed by atoms with E-state index >= 15 is 0 Å². The van der Waals surface area contributed by atoms with Gasteiger partial charge in [-0.3, -0.25) is 0 Å². The van der Waals surface area contributed by atoms with Gasteiger partial charge in [-0.15, -0.1) is 0 Å². The summed E-state index contributed by atoms with van der Waals surface area (Å²) in [5.41, 5.74) is 0. The van der Waals surface area contributed by atoms with Crippen LogP contribution < -0.4 is 0 Å². The average molecular weight is 1670 g/mol. The molecule has 0 aliphatic heterocycles. The number of aliphatic hydroxyl groups excluding tert-OH is 2. The second-order valence-corrected chi connectivity index (χ2v) is 110. The molecule has 0 saturated carbocycles. The first kappa shape index (κ1) is 96.5. The number of ether oxygens (including phenoxy) is 2. The van der Waals surface area contributed by atoms with Crippen LogP contribution in [0.4, 0.5) is 0 Å². The van der Waals surface area contributed by atoms with Crippen LogP contribution in [0.25, 0.3) is 0 Å². The summed E-state index contributed by atoms with van der Waals surface area (Å²) in [7, 11) is -52.5. The predicted molar refractivity (Wildman–Crippen MR) is 428 cm³/mol. The van der Waals surface area contributed by atoms with Gasteiger partial charge < -0.3 is 93.8 Å². The predicted octanol–water partition coefficient (Wildman–Crippen LogP) is 16.0. The normalized spacial score (nSPS) is 15.7. The van der Waals surface area contributed by atoms with Crippen LogP contribution in [0.2, 0.25) is 280 Å². The fraction of sp³-hybridized carbons (Fsp3) is 1.00. The Morgan fingerprint density at radius 2 is 0.333 bits per heavy atom. The van der Waals surface area contributed by atoms with Crippen LogP contribution in [0.3, 0.4) is 0 Å². The van der Waals surface area contributed by atoms with E-state index in [1.54, 1.807) is 0 Å². The summed E-state index contributed by atoms with van der Waals surface area (Å²) in [6.45, 7) is 84.9. The van der Waals surface area contributed by atoms with E-state index in [0.29, 0.717) is 12.8 Å². The van der Waals surface area contributed by atoms with Crippen molar-refractivity contribution in [3.8, 4) is 0 Å². The molecule has 0 aliphatic carbocycles. The van der Waals surface area contributed by atoms with E-state index in [9.17, 15) is 10.2 Å². The zero-order chi connectivity index (χ0) is 73.9. The first-order valence-corrected chi connectivity index (χ1v) is 91.1. The highest BCUT2D eigenvalue weighted by atomic mass is 28.5. The molecule has 42 heteroatoms. The maximum atomic E-state index is 9.43. The van der Waals surface area contributed by atoms with Gasteiger partial charge in [-0.1, -0.05) is 0 Å². The Balaban J connectivity index is 5.58. The van der Waals surface area contributed by atoms with E-state index < -0.39 is 170 Å². The summed E-state index contributed by atoms with van der Waals surface area (Å²) in [5.74, 6) is 0. The van der Waals surface area contributed by atoms with Crippen LogP contribution in [0, 0.1) is 0 Å². The lowest BCUT2D eigenvalue weighted by Gasteiger charge is -2.45. The van der Waals surface area contributed by atoms with E-state index in [1.807, 2.05) is 0 Å². The smallest absolute Gasteiger partial charge is 0.314 e. The fourth-order valence-electron chi connectivity index (χ4n) is 13.5. The van der Waals surface area contributed by atoms with Crippen LogP contribution in [0.15, 0.2) is 0 Å². The SMILES string of the molecule is C[Si](C)(CCCO)O[Si](C)(C)O[Si](C)(C)CCCOCOC[Si](C)(C)O[Si](C)(C)O[Si](C)(C)O[Si](C)(C)O[Si](C)(C)O[Si](C)(C)O[Si](C)(C)O[Si](C)(C)O[Si](C)(C)O[Si](C)(C)O[Si](C)(C)O[Si](C)(C)O[Si](C)(C)O[Si](C)(C)O[Si](C)(C)O[Si](C)(C)O[Si](C)(C)CCCO. The van der Waals surface area contributed by atoms with Crippen molar-refractivity contribution in [1.29, 1.82) is 0 Å². The highest BCUT2D eigenvalue weighted by Gasteiger charge is 2.54. The Morgan fingerprint density at radius 3 is 0.516 bits per heavy atom. The second kappa shape index (κ2) is 35.7. The molecule has 0 saturated heterocycles. The molecule has 0 atom stereocenters. The highest BCUT2D eigenvalue weighted by Crippen LogP contribution is 2.35. The van der Waals surface area contributed by atoms with Gasteiger partial charge in [0.15, 0.2) is 25.0 Å². The van der Waals surface area contributed by atoms with Crippen LogP contribution in [-0.2, 0) is 83.5 Å². The molecule has 0 unspecified atom stereocenters. The Bertz CT molecular complexity index is 2240. The second-order valence-electron chi connectivity index (χ2n) is 34.4. The number of aliphatic hydroxyl groups is 2. The Morgan fingerprint density at radius 1 is 0.183 bits per heavy atom. The fourth-order valence-corrected chi connectivity index (χ4v) is 115. The molecule has 0 aromatic heterocycles. The average Bonchev–Trinajstić information content (AvgIpc) is 0.828. The van der Waals surface area contributed by atoms with Gasteiger partial charge in [0.1, 0.15) is 6.79 Å². The van der Waals surface area contributed by atoms with E-state index in [4.69, 9.17) is 83.5 Å². The Hall–Kier alpha value is 3.46. The summed E-state index contributed by atoms with van der Waals surface area (Å²) < 4.78 is 136. The van der Waals surface area contributed by atoms with Gasteiger partial charge >= 0.3 is 137 Å². The van der Waals surface area contributed by atoms with Gasteiger partial charge in [0.05, 0.1) is 6.23 Å². The number of hydrogen-bond donors (Lipinski definition) is 2. The summed E-state index contributed by atoms with van der Waals surface area (Å²) in [6, 6.07) is 2.77. The zero-order valence-corrected chi connectivity index (χ0v) is 86.8. The zero-order valence-electron chi connectivity index (χ0n) is 66.8. The van der Waals surface area contributed by atoms with Crippen molar-refractivity contribution in [1.82, 2.24) is 0 Å². The molecule has 0 rings (SSSR count). The van der Waals surface area contributed by atoms with Gasteiger partial charge in [0.25, 0.3) is 0 Å². The molecule has 2 N–H and O–H groups in total. The van der Waals surface area contributed by atoms with Gasteiger partial charge in [-0.25, -0.2) is 0 Å². The third-order valence-electron chi connectivity index (χ3n) is 12.5. The van der Waals surface area contributed by atoms with Crippen LogP contribution >= 0.6 is 0 Å². The molecule has 93 heavy (non-hydrogen) atoms. The summed E-state index contributed by atoms with van der Waals surface area (Å²) in [4.78, 5) is 0. The molecule has 0 heterocycles. The molecule has 0 radical (unpaired) electrons. The third-order valence-corrected chi connectivity index (χ3v) is 89.9. The van der Waals surface area contributed by atoms with Crippen molar-refractivity contribution >= 4 is 170 Å². The van der Waals surface area contributed by atoms with Crippen LogP contribution in [-0.4, -0.2) is 213 Å². The van der Waals surface area contributed by atoms with Gasteiger partial charge in [0.2, 0.25) is 8.32 Å². The maximum absolute atomic E-state index is 9.43. The van der Waals surface area contributed by atoms with Crippen molar-refractivity contribution < 1.29 is 93.8 Å².